The first kappa shape index (κ1) is 26.6. The lowest BCUT2D eigenvalue weighted by Gasteiger charge is -2.30. The molecule has 174 valence electrons. The van der Waals surface area contributed by atoms with Crippen molar-refractivity contribution in [1.82, 2.24) is 5.32 Å². The Morgan fingerprint density at radius 3 is 2.16 bits per heavy atom. The summed E-state index contributed by atoms with van der Waals surface area (Å²) >= 11 is 2.07. The Labute approximate surface area is 204 Å². The molecule has 1 unspecified atom stereocenters. The Bertz CT molecular complexity index is 886. The molecular weight excluding hydrogens is 540 g/mol. The van der Waals surface area contributed by atoms with Crippen LogP contribution < -0.4 is 5.32 Å². The van der Waals surface area contributed by atoms with Gasteiger partial charge in [0.25, 0.3) is 0 Å². The number of carbonyl (C=O) groups excluding carboxylic acids is 1. The van der Waals surface area contributed by atoms with Crippen LogP contribution in [0.25, 0.3) is 11.1 Å². The molecule has 1 amide bonds. The summed E-state index contributed by atoms with van der Waals surface area (Å²) in [6, 6.07) is 17.7. The fourth-order valence-corrected chi connectivity index (χ4v) is 4.18. The van der Waals surface area contributed by atoms with Gasteiger partial charge in [-0.2, -0.15) is 0 Å². The van der Waals surface area contributed by atoms with Gasteiger partial charge in [0, 0.05) is 6.04 Å². The van der Waals surface area contributed by atoms with Crippen molar-refractivity contribution in [3.8, 4) is 11.1 Å². The standard InChI is InChI=1S/C24H31INO5P/c1-23(2,3)31-22(29)26-20(15-24(4,21(27)28)16-30-32-25)14-17-10-12-19(13-11-17)18-8-6-5-7-9-18/h5-13,20,32H,14-16H2,1-4H3,(H,26,29)(H,27,28)/t20-,24+/m1/s1. The van der Waals surface area contributed by atoms with Crippen LogP contribution in [0.1, 0.15) is 39.7 Å². The predicted octanol–water partition coefficient (Wildman–Crippen LogP) is 6.23. The summed E-state index contributed by atoms with van der Waals surface area (Å²) in [5, 5.41) is 12.7. The molecule has 0 fully saturated rings. The molecule has 0 aliphatic heterocycles. The fourth-order valence-electron chi connectivity index (χ4n) is 3.34. The highest BCUT2D eigenvalue weighted by molar-refractivity contribution is 14.2. The van der Waals surface area contributed by atoms with Crippen LogP contribution in [0.15, 0.2) is 54.6 Å². The minimum absolute atomic E-state index is 0.0726. The number of amides is 1. The molecule has 0 saturated carbocycles. The Morgan fingerprint density at radius 2 is 1.62 bits per heavy atom. The van der Waals surface area contributed by atoms with Crippen LogP contribution in [-0.2, 0) is 20.5 Å². The number of benzene rings is 2. The summed E-state index contributed by atoms with van der Waals surface area (Å²) in [4.78, 5) is 24.5. The molecule has 0 bridgehead atoms. The minimum Gasteiger partial charge on any atom is -0.481 e. The molecule has 0 radical (unpaired) electrons. The number of aliphatic carboxylic acids is 1. The molecule has 2 aromatic carbocycles. The van der Waals surface area contributed by atoms with Gasteiger partial charge in [-0.05, 0) is 79.3 Å². The molecule has 2 aromatic rings. The second-order valence-electron chi connectivity index (χ2n) is 9.05. The number of rotatable bonds is 10. The first-order chi connectivity index (χ1) is 15.0. The average molecular weight is 571 g/mol. The maximum Gasteiger partial charge on any atom is 0.407 e. The summed E-state index contributed by atoms with van der Waals surface area (Å²) in [5.41, 5.74) is 1.43. The lowest BCUT2D eigenvalue weighted by molar-refractivity contribution is -0.150. The number of hydrogen-bond donors (Lipinski definition) is 2. The highest BCUT2D eigenvalue weighted by atomic mass is 127. The van der Waals surface area contributed by atoms with Crippen LogP contribution >= 0.6 is 28.5 Å². The van der Waals surface area contributed by atoms with E-state index < -0.39 is 29.1 Å². The third-order valence-corrected chi connectivity index (χ3v) is 6.11. The van der Waals surface area contributed by atoms with Gasteiger partial charge >= 0.3 is 12.1 Å². The van der Waals surface area contributed by atoms with Gasteiger partial charge in [-0.25, -0.2) is 4.79 Å². The van der Waals surface area contributed by atoms with Crippen molar-refractivity contribution in [1.29, 1.82) is 0 Å². The van der Waals surface area contributed by atoms with E-state index in [1.807, 2.05) is 54.6 Å². The molecule has 0 saturated heterocycles. The number of alkyl carbamates (subject to hydrolysis) is 1. The third-order valence-electron chi connectivity index (χ3n) is 4.92. The second-order valence-corrected chi connectivity index (χ2v) is 10.8. The number of carbonyl (C=O) groups is 2. The van der Waals surface area contributed by atoms with Crippen molar-refractivity contribution in [2.45, 2.75) is 52.2 Å². The number of halogens is 1. The van der Waals surface area contributed by atoms with Crippen molar-refractivity contribution >= 4 is 40.6 Å². The van der Waals surface area contributed by atoms with Gasteiger partial charge < -0.3 is 19.7 Å². The molecule has 2 rings (SSSR count). The van der Waals surface area contributed by atoms with E-state index in [9.17, 15) is 14.7 Å². The Balaban J connectivity index is 2.21. The summed E-state index contributed by atoms with van der Waals surface area (Å²) in [6.07, 6.45) is 0.125. The van der Waals surface area contributed by atoms with Gasteiger partial charge in [0.05, 0.1) is 18.5 Å². The third kappa shape index (κ3) is 8.68. The topological polar surface area (TPSA) is 84.9 Å². The summed E-state index contributed by atoms with van der Waals surface area (Å²) in [6.45, 7) is 7.26. The van der Waals surface area contributed by atoms with Crippen LogP contribution in [0.2, 0.25) is 0 Å². The normalized spacial score (nSPS) is 14.7. The lowest BCUT2D eigenvalue weighted by atomic mass is 9.82. The Morgan fingerprint density at radius 1 is 1.03 bits per heavy atom. The van der Waals surface area contributed by atoms with E-state index in [1.165, 1.54) is 0 Å². The lowest BCUT2D eigenvalue weighted by Crippen LogP contribution is -2.45. The molecule has 2 N–H and O–H groups in total. The first-order valence-electron chi connectivity index (χ1n) is 10.4. The number of ether oxygens (including phenoxy) is 1. The van der Waals surface area contributed by atoms with Gasteiger partial charge in [-0.15, -0.1) is 0 Å². The van der Waals surface area contributed by atoms with Gasteiger partial charge in [-0.3, -0.25) is 4.79 Å². The van der Waals surface area contributed by atoms with E-state index in [0.29, 0.717) is 6.42 Å². The van der Waals surface area contributed by atoms with Gasteiger partial charge in [-0.1, -0.05) is 54.6 Å². The summed E-state index contributed by atoms with van der Waals surface area (Å²) in [7, 11) is 0. The fraction of sp³-hybridized carbons (Fsp3) is 0.417. The van der Waals surface area contributed by atoms with Crippen LogP contribution in [0.3, 0.4) is 0 Å². The highest BCUT2D eigenvalue weighted by Crippen LogP contribution is 2.32. The van der Waals surface area contributed by atoms with Crippen molar-refractivity contribution in [2.75, 3.05) is 6.61 Å². The Hall–Kier alpha value is -1.70. The van der Waals surface area contributed by atoms with Gasteiger partial charge in [0.2, 0.25) is 0 Å². The first-order valence-corrected chi connectivity index (χ1v) is 14.4. The highest BCUT2D eigenvalue weighted by Gasteiger charge is 2.37. The van der Waals surface area contributed by atoms with Crippen molar-refractivity contribution in [2.24, 2.45) is 5.41 Å². The predicted molar refractivity (Wildman–Crippen MR) is 137 cm³/mol. The summed E-state index contributed by atoms with van der Waals surface area (Å²) in [5.74, 6) is -0.956. The average Bonchev–Trinajstić information content (AvgIpc) is 2.72. The van der Waals surface area contributed by atoms with E-state index in [0.717, 1.165) is 16.7 Å². The maximum absolute atomic E-state index is 12.5. The molecule has 0 aromatic heterocycles. The van der Waals surface area contributed by atoms with Gasteiger partial charge in [0.1, 0.15) is 5.60 Å². The largest absolute Gasteiger partial charge is 0.481 e. The molecule has 32 heavy (non-hydrogen) atoms. The SMILES string of the molecule is CC(C)(C)OC(=O)N[C@H](Cc1ccc(-c2ccccc2)cc1)C[C@@](C)(COPI)C(=O)O. The number of hydrogen-bond acceptors (Lipinski definition) is 4. The molecule has 0 heterocycles. The molecule has 0 aliphatic rings. The molecule has 6 nitrogen and oxygen atoms in total. The van der Waals surface area contributed by atoms with E-state index in [2.05, 4.69) is 27.4 Å². The van der Waals surface area contributed by atoms with E-state index in [1.54, 1.807) is 27.7 Å². The molecule has 0 spiro atoms. The second kappa shape index (κ2) is 12.0. The van der Waals surface area contributed by atoms with Crippen molar-refractivity contribution in [3.05, 3.63) is 60.2 Å². The minimum atomic E-state index is -1.14. The molecule has 8 heteroatoms. The molecular formula is C24H31INO5P. The molecule has 0 aliphatic carbocycles. The summed E-state index contributed by atoms with van der Waals surface area (Å²) < 4.78 is 10.9. The van der Waals surface area contributed by atoms with E-state index >= 15 is 0 Å². The van der Waals surface area contributed by atoms with Crippen molar-refractivity contribution < 1.29 is 24.0 Å². The van der Waals surface area contributed by atoms with Crippen LogP contribution in [0.5, 0.6) is 0 Å². The van der Waals surface area contributed by atoms with Crippen LogP contribution in [0.4, 0.5) is 4.79 Å². The monoisotopic (exact) mass is 571 g/mol. The van der Waals surface area contributed by atoms with Crippen molar-refractivity contribution in [3.63, 3.8) is 0 Å². The van der Waals surface area contributed by atoms with E-state index in [4.69, 9.17) is 9.26 Å². The van der Waals surface area contributed by atoms with Crippen LogP contribution in [-0.4, -0.2) is 35.4 Å². The zero-order valence-corrected chi connectivity index (χ0v) is 22.0. The zero-order chi connectivity index (χ0) is 23.8. The number of carboxylic acid groups (broad SMARTS) is 1. The maximum atomic E-state index is 12.5. The number of nitrogens with one attached hydrogen (secondary N) is 1. The van der Waals surface area contributed by atoms with E-state index in [-0.39, 0.29) is 19.5 Å². The smallest absolute Gasteiger partial charge is 0.407 e. The van der Waals surface area contributed by atoms with Crippen LogP contribution in [0, 0.1) is 5.41 Å². The quantitative estimate of drug-likeness (QED) is 0.261. The van der Waals surface area contributed by atoms with Gasteiger partial charge in [0.15, 0.2) is 0 Å². The Kier molecular flexibility index (Phi) is 9.92. The number of carboxylic acids is 1. The molecule has 3 atom stereocenters. The zero-order valence-electron chi connectivity index (χ0n) is 18.9.